The number of urea groups is 1. The Morgan fingerprint density at radius 1 is 1.15 bits per heavy atom. The highest BCUT2D eigenvalue weighted by atomic mass is 16.2. The molecule has 5 nitrogen and oxygen atoms in total. The first-order valence-corrected chi connectivity index (χ1v) is 6.41. The summed E-state index contributed by atoms with van der Waals surface area (Å²) in [5.41, 5.74) is 8.55. The van der Waals surface area contributed by atoms with E-state index >= 15 is 0 Å². The third kappa shape index (κ3) is 3.80. The highest BCUT2D eigenvalue weighted by Crippen LogP contribution is 2.14. The Morgan fingerprint density at radius 2 is 1.85 bits per heavy atom. The molecule has 5 heteroatoms. The maximum atomic E-state index is 11.8. The first-order valence-electron chi connectivity index (χ1n) is 6.41. The molecule has 2 amide bonds. The van der Waals surface area contributed by atoms with Gasteiger partial charge in [0.2, 0.25) is 0 Å². The largest absolute Gasteiger partial charge is 0.324 e. The number of carbonyl (C=O) groups is 1. The fourth-order valence-electron chi connectivity index (χ4n) is 1.69. The minimum Gasteiger partial charge on any atom is -0.324 e. The van der Waals surface area contributed by atoms with Crippen LogP contribution >= 0.6 is 0 Å². The molecule has 0 bridgehead atoms. The molecule has 1 atom stereocenters. The second kappa shape index (κ2) is 6.16. The number of rotatable bonds is 3. The quantitative estimate of drug-likeness (QED) is 0.802. The molecule has 104 valence electrons. The number of amides is 2. The Bertz CT molecular complexity index is 576. The van der Waals surface area contributed by atoms with Crippen molar-refractivity contribution in [3.8, 4) is 0 Å². The Hall–Kier alpha value is -2.40. The number of hydrogen-bond donors (Lipinski definition) is 3. The van der Waals surface area contributed by atoms with Crippen molar-refractivity contribution in [2.75, 3.05) is 10.6 Å². The molecular weight excluding hydrogens is 252 g/mol. The van der Waals surface area contributed by atoms with Crippen molar-refractivity contribution < 1.29 is 4.79 Å². The van der Waals surface area contributed by atoms with E-state index in [4.69, 9.17) is 5.73 Å². The normalized spacial score (nSPS) is 11.8. The summed E-state index contributed by atoms with van der Waals surface area (Å²) in [6, 6.07) is 10.7. The predicted octanol–water partition coefficient (Wildman–Crippen LogP) is 3.05. The Balaban J connectivity index is 1.95. The third-order valence-electron chi connectivity index (χ3n) is 2.85. The lowest BCUT2D eigenvalue weighted by Gasteiger charge is -2.09. The number of aromatic nitrogens is 1. The van der Waals surface area contributed by atoms with Crippen LogP contribution in [0.3, 0.4) is 0 Å². The van der Waals surface area contributed by atoms with Crippen molar-refractivity contribution in [3.63, 3.8) is 0 Å². The highest BCUT2D eigenvalue weighted by molar-refractivity contribution is 5.99. The van der Waals surface area contributed by atoms with Gasteiger partial charge in [-0.05, 0) is 43.2 Å². The zero-order valence-electron chi connectivity index (χ0n) is 11.6. The van der Waals surface area contributed by atoms with E-state index in [-0.39, 0.29) is 12.1 Å². The average molecular weight is 270 g/mol. The lowest BCUT2D eigenvalue weighted by molar-refractivity contribution is 0.262. The number of nitrogens with zero attached hydrogens (tertiary/aromatic N) is 1. The molecule has 0 spiro atoms. The molecule has 0 fully saturated rings. The van der Waals surface area contributed by atoms with Crippen molar-refractivity contribution in [3.05, 3.63) is 53.7 Å². The number of pyridine rings is 1. The summed E-state index contributed by atoms with van der Waals surface area (Å²) >= 11 is 0. The number of aryl methyl sites for hydroxylation is 1. The molecule has 2 aromatic rings. The van der Waals surface area contributed by atoms with Crippen LogP contribution in [0.15, 0.2) is 42.6 Å². The van der Waals surface area contributed by atoms with E-state index in [1.54, 1.807) is 12.3 Å². The molecule has 0 aliphatic carbocycles. The van der Waals surface area contributed by atoms with Crippen LogP contribution < -0.4 is 16.4 Å². The zero-order valence-corrected chi connectivity index (χ0v) is 11.6. The molecule has 4 N–H and O–H groups in total. The molecule has 1 unspecified atom stereocenters. The molecule has 0 saturated carbocycles. The third-order valence-corrected chi connectivity index (χ3v) is 2.85. The summed E-state index contributed by atoms with van der Waals surface area (Å²) < 4.78 is 0. The van der Waals surface area contributed by atoms with Gasteiger partial charge in [0.15, 0.2) is 0 Å². The van der Waals surface area contributed by atoms with Gasteiger partial charge in [0.05, 0.1) is 0 Å². The first-order chi connectivity index (χ1) is 9.54. The van der Waals surface area contributed by atoms with E-state index in [2.05, 4.69) is 15.6 Å². The molecule has 0 saturated heterocycles. The van der Waals surface area contributed by atoms with Crippen LogP contribution in [0.25, 0.3) is 0 Å². The van der Waals surface area contributed by atoms with Gasteiger partial charge >= 0.3 is 6.03 Å². The Kier molecular flexibility index (Phi) is 4.32. The summed E-state index contributed by atoms with van der Waals surface area (Å²) in [4.78, 5) is 15.9. The standard InChI is InChI=1S/C15H18N4O/c1-10-3-8-14(17-9-10)19-15(20)18-13-6-4-12(5-7-13)11(2)16/h3-9,11H,16H2,1-2H3,(H2,17,18,19,20). The number of hydrogen-bond acceptors (Lipinski definition) is 3. The average Bonchev–Trinajstić information content (AvgIpc) is 2.42. The van der Waals surface area contributed by atoms with Gasteiger partial charge in [0, 0.05) is 17.9 Å². The molecule has 1 aromatic carbocycles. The van der Waals surface area contributed by atoms with Gasteiger partial charge in [-0.15, -0.1) is 0 Å². The smallest absolute Gasteiger partial charge is 0.324 e. The van der Waals surface area contributed by atoms with Crippen LogP contribution in [-0.2, 0) is 0 Å². The Labute approximate surface area is 118 Å². The Morgan fingerprint density at radius 3 is 2.40 bits per heavy atom. The van der Waals surface area contributed by atoms with Gasteiger partial charge in [0.1, 0.15) is 5.82 Å². The molecule has 1 heterocycles. The monoisotopic (exact) mass is 270 g/mol. The second-order valence-corrected chi connectivity index (χ2v) is 4.71. The summed E-state index contributed by atoms with van der Waals surface area (Å²) in [5.74, 6) is 0.514. The van der Waals surface area contributed by atoms with Gasteiger partial charge in [-0.1, -0.05) is 18.2 Å². The number of anilines is 2. The summed E-state index contributed by atoms with van der Waals surface area (Å²) in [6.45, 7) is 3.86. The van der Waals surface area contributed by atoms with E-state index in [0.717, 1.165) is 11.1 Å². The van der Waals surface area contributed by atoms with Crippen LogP contribution in [0.2, 0.25) is 0 Å². The fraction of sp³-hybridized carbons (Fsp3) is 0.200. The van der Waals surface area contributed by atoms with Gasteiger partial charge < -0.3 is 11.1 Å². The second-order valence-electron chi connectivity index (χ2n) is 4.71. The van der Waals surface area contributed by atoms with Crippen LogP contribution in [0.1, 0.15) is 24.1 Å². The van der Waals surface area contributed by atoms with Crippen LogP contribution in [-0.4, -0.2) is 11.0 Å². The lowest BCUT2D eigenvalue weighted by Crippen LogP contribution is -2.20. The van der Waals surface area contributed by atoms with E-state index in [0.29, 0.717) is 11.5 Å². The molecule has 0 radical (unpaired) electrons. The van der Waals surface area contributed by atoms with Crippen molar-refractivity contribution in [1.29, 1.82) is 0 Å². The lowest BCUT2D eigenvalue weighted by atomic mass is 10.1. The minimum absolute atomic E-state index is 0.0189. The predicted molar refractivity (Wildman–Crippen MR) is 80.7 cm³/mol. The van der Waals surface area contributed by atoms with Crippen molar-refractivity contribution in [2.45, 2.75) is 19.9 Å². The first kappa shape index (κ1) is 14.0. The number of nitrogens with two attached hydrogens (primary N) is 1. The summed E-state index contributed by atoms with van der Waals surface area (Å²) in [6.07, 6.45) is 1.70. The van der Waals surface area contributed by atoms with Crippen molar-refractivity contribution in [1.82, 2.24) is 4.98 Å². The molecular formula is C15H18N4O. The van der Waals surface area contributed by atoms with Crippen LogP contribution in [0.5, 0.6) is 0 Å². The molecule has 20 heavy (non-hydrogen) atoms. The van der Waals surface area contributed by atoms with Crippen LogP contribution in [0, 0.1) is 6.92 Å². The van der Waals surface area contributed by atoms with Gasteiger partial charge in [-0.2, -0.15) is 0 Å². The zero-order chi connectivity index (χ0) is 14.5. The maximum Gasteiger partial charge on any atom is 0.324 e. The fourth-order valence-corrected chi connectivity index (χ4v) is 1.69. The summed E-state index contributed by atoms with van der Waals surface area (Å²) in [5, 5.41) is 5.41. The van der Waals surface area contributed by atoms with E-state index in [1.165, 1.54) is 0 Å². The molecule has 2 rings (SSSR count). The van der Waals surface area contributed by atoms with Crippen LogP contribution in [0.4, 0.5) is 16.3 Å². The van der Waals surface area contributed by atoms with Crippen molar-refractivity contribution >= 4 is 17.5 Å². The van der Waals surface area contributed by atoms with E-state index < -0.39 is 0 Å². The maximum absolute atomic E-state index is 11.8. The highest BCUT2D eigenvalue weighted by Gasteiger charge is 2.04. The molecule has 0 aliphatic heterocycles. The molecule has 1 aromatic heterocycles. The number of carbonyl (C=O) groups excluding carboxylic acids is 1. The van der Waals surface area contributed by atoms with E-state index in [1.807, 2.05) is 44.2 Å². The number of benzene rings is 1. The van der Waals surface area contributed by atoms with Gasteiger partial charge in [0.25, 0.3) is 0 Å². The number of nitrogens with one attached hydrogen (secondary N) is 2. The minimum atomic E-state index is -0.324. The molecule has 0 aliphatic rings. The van der Waals surface area contributed by atoms with E-state index in [9.17, 15) is 4.79 Å². The van der Waals surface area contributed by atoms with Gasteiger partial charge in [-0.3, -0.25) is 5.32 Å². The van der Waals surface area contributed by atoms with Crippen molar-refractivity contribution in [2.24, 2.45) is 5.73 Å². The van der Waals surface area contributed by atoms with Gasteiger partial charge in [-0.25, -0.2) is 9.78 Å². The topological polar surface area (TPSA) is 80.0 Å². The SMILES string of the molecule is Cc1ccc(NC(=O)Nc2ccc(C(C)N)cc2)nc1. The summed E-state index contributed by atoms with van der Waals surface area (Å²) in [7, 11) is 0.